The molecule has 4 aromatic carbocycles. The average Bonchev–Trinajstić information content (AvgIpc) is 0.646. The third-order valence-corrected chi connectivity index (χ3v) is 19.8. The van der Waals surface area contributed by atoms with Crippen molar-refractivity contribution in [1.82, 2.24) is 19.6 Å². The number of aryl methyl sites for hydroxylation is 4. The van der Waals surface area contributed by atoms with Crippen LogP contribution < -0.4 is 60.8 Å². The Balaban J connectivity index is 0.000000243. The molecule has 120 heavy (non-hydrogen) atoms. The van der Waals surface area contributed by atoms with E-state index in [-0.39, 0.29) is 54.6 Å². The molecule has 672 valence electrons. The second-order valence-corrected chi connectivity index (χ2v) is 32.4. The molecule has 0 amide bonds. The van der Waals surface area contributed by atoms with Gasteiger partial charge in [-0.2, -0.15) is 0 Å². The quantitative estimate of drug-likeness (QED) is 0.0303. The molecule has 0 aromatic heterocycles. The van der Waals surface area contributed by atoms with Crippen molar-refractivity contribution in [3.8, 4) is 46.0 Å². The lowest BCUT2D eigenvalue weighted by Crippen LogP contribution is -2.51. The van der Waals surface area contributed by atoms with Crippen molar-refractivity contribution in [3.05, 3.63) is 93.0 Å². The number of nitrogens with zero attached hydrogens (tertiary/aromatic N) is 4. The number of methoxy groups -OCH3 is 8. The summed E-state index contributed by atoms with van der Waals surface area (Å²) in [6.07, 6.45) is -38.6. The van der Waals surface area contributed by atoms with Crippen molar-refractivity contribution < 1.29 is 139 Å². The Kier molecular flexibility index (Phi) is 18.6. The summed E-state index contributed by atoms with van der Waals surface area (Å²) in [5.74, 6) is -22.1. The van der Waals surface area contributed by atoms with Crippen LogP contribution in [0.3, 0.4) is 0 Å². The molecule has 12 rings (SSSR count). The lowest BCUT2D eigenvalue weighted by atomic mass is 9.79. The van der Waals surface area contributed by atoms with E-state index in [1.54, 1.807) is 111 Å². The van der Waals surface area contributed by atoms with E-state index in [2.05, 4.69) is 0 Å². The van der Waals surface area contributed by atoms with Gasteiger partial charge in [0.25, 0.3) is 0 Å². The Morgan fingerprint density at radius 2 is 0.592 bits per heavy atom. The Bertz CT molecular complexity index is 6300. The molecule has 8 heterocycles. The molecule has 0 spiro atoms. The molecule has 12 unspecified atom stereocenters. The summed E-state index contributed by atoms with van der Waals surface area (Å²) in [5.41, 5.74) is 19.9. The van der Waals surface area contributed by atoms with Crippen LogP contribution in [0.1, 0.15) is 294 Å². The molecular weight excluding hydrogens is 1520 g/mol. The molecule has 24 heteroatoms. The van der Waals surface area contributed by atoms with Gasteiger partial charge in [-0.25, -0.2) is 0 Å². The van der Waals surface area contributed by atoms with Crippen LogP contribution in [0.2, 0.25) is 0 Å². The number of carbonyl (C=O) groups excluding carboxylic acids is 4. The summed E-state index contributed by atoms with van der Waals surface area (Å²) in [7, 11) is 1.24. The molecule has 0 saturated carbocycles. The van der Waals surface area contributed by atoms with E-state index in [4.69, 9.17) is 121 Å². The first-order valence-electron chi connectivity index (χ1n) is 62.8. The number of ether oxygens (including phenoxy) is 12. The number of fused-ring (bicyclic) bond motifs is 12. The average molecular weight is 1720 g/mol. The van der Waals surface area contributed by atoms with Crippen LogP contribution in [-0.2, 0) is 63.6 Å². The van der Waals surface area contributed by atoms with Gasteiger partial charge in [0.05, 0.1) is 70.4 Å². The van der Waals surface area contributed by atoms with E-state index in [9.17, 15) is 41.1 Å². The molecule has 8 aliphatic rings. The monoisotopic (exact) mass is 1720 g/mol. The molecule has 0 bridgehead atoms. The largest absolute Gasteiger partial charge is 0.493 e. The first-order chi connectivity index (χ1) is 74.3. The molecule has 24 nitrogen and oxygen atoms in total. The fourth-order valence-electron chi connectivity index (χ4n) is 12.9. The van der Waals surface area contributed by atoms with Crippen LogP contribution in [0.25, 0.3) is 0 Å². The van der Waals surface area contributed by atoms with E-state index < -0.39 is 361 Å². The van der Waals surface area contributed by atoms with Gasteiger partial charge in [-0.15, -0.1) is 0 Å². The summed E-state index contributed by atoms with van der Waals surface area (Å²) in [4.78, 5) is 53.3. The lowest BCUT2D eigenvalue weighted by Gasteiger charge is -2.47. The highest BCUT2D eigenvalue weighted by Gasteiger charge is 2.47. The smallest absolute Gasteiger partial charge is 0.323 e. The predicted molar refractivity (Wildman–Crippen MR) is 471 cm³/mol. The number of esters is 4. The van der Waals surface area contributed by atoms with Gasteiger partial charge >= 0.3 is 23.9 Å². The van der Waals surface area contributed by atoms with Crippen molar-refractivity contribution in [2.75, 3.05) is 109 Å². The zero-order valence-electron chi connectivity index (χ0n) is 118. The van der Waals surface area contributed by atoms with Gasteiger partial charge in [0.15, 0.2) is 46.0 Å². The van der Waals surface area contributed by atoms with Crippen molar-refractivity contribution in [2.45, 2.75) is 260 Å². The molecule has 4 fully saturated rings. The summed E-state index contributed by atoms with van der Waals surface area (Å²) in [5, 5.41) is 0. The SMILES string of the molecule is [2H]C([2H])([2H])Oc1cc2c(cc1OC)C1([2H])N(C([2H])([2H])C2([2H])[2H])C([2H])([2H])C([2H])(CC(C)C)C(OC(=O)[C@@H](N)C(C)C)C1([2H])[2H].[2H]C([2H])([2H])Oc1cc2c(cc1OC)C1N(C([2H])([2H])C2([2H])[2H])C([2H])([2H])C([2H])(CC(C)C)C([2H])(OC(=O)[C@@H](N)C(C)C)C1([2H])[2H].[2H]C1([2H])c2cc(OC)c(OC)cc2C2([2H])N(C1([2H])[2H])C([2H])([2H])C([2H])(CC(C)C)C(OC(=O)[C@@H](N)C(C)C)C2([2H])[2H].[2H]C1([2H])c2cc(OC)c(OC)cc2C2N(C1([2H])[2H])C([2H])([2H])C([2H])(CC(C)C)C([2H])(OC(=O)[C@@H](N)C(C)C)C2([2H])[2H]. The normalized spacial score (nSPS) is 42.4. The molecule has 4 aromatic rings. The molecule has 4 saturated heterocycles. The Morgan fingerprint density at radius 1 is 0.350 bits per heavy atom. The maximum absolute atomic E-state index is 13.2. The van der Waals surface area contributed by atoms with Crippen molar-refractivity contribution >= 4 is 23.9 Å². The molecule has 0 aliphatic carbocycles. The van der Waals surface area contributed by atoms with Crippen LogP contribution in [0.15, 0.2) is 48.5 Å². The molecule has 8 aliphatic heterocycles. The van der Waals surface area contributed by atoms with Crippen LogP contribution in [0.5, 0.6) is 46.0 Å². The number of benzene rings is 4. The van der Waals surface area contributed by atoms with Crippen LogP contribution in [0, 0.1) is 70.9 Å². The van der Waals surface area contributed by atoms with Crippen molar-refractivity contribution in [3.63, 3.8) is 0 Å². The summed E-state index contributed by atoms with van der Waals surface area (Å²) in [6.45, 7) is -1.16. The van der Waals surface area contributed by atoms with E-state index in [0.29, 0.717) is 4.90 Å². The van der Waals surface area contributed by atoms with E-state index in [1.165, 1.54) is 34.5 Å². The van der Waals surface area contributed by atoms with Gasteiger partial charge in [0.1, 0.15) is 48.5 Å². The number of rotatable bonds is 28. The highest BCUT2D eigenvalue weighted by Crippen LogP contribution is 2.50. The van der Waals surface area contributed by atoms with E-state index in [1.807, 2.05) is 0 Å². The number of piperidine rings is 4. The Hall–Kier alpha value is -7.16. The van der Waals surface area contributed by atoms with E-state index >= 15 is 0 Å². The second kappa shape index (κ2) is 43.9. The third kappa shape index (κ3) is 23.8. The summed E-state index contributed by atoms with van der Waals surface area (Å²) < 4.78 is 472. The minimum absolute atomic E-state index is 0.0158. The van der Waals surface area contributed by atoms with Gasteiger partial charge in [-0.05, 0) is 192 Å². The minimum atomic E-state index is -3.53. The molecule has 16 atom stereocenters. The standard InChI is InChI=1S/4C24H38N2O4/c4*1-14(2)9-17-13-26-8-7-16-10-21(28-5)22(29-6)11-18(16)19(26)12-20(17)30-24(27)23(25)15(3)4/h4*10-11,14-15,17,19-20,23H,7-9,12-13,25H2,1-6H3/t4*17?,19?,20?,23-/m0000/s1/i5D3,7D2,8D2,12D2,13D2,17D,20D;5D3,7D2,8D2,12D2,13D2,17D,19D;7D2,8D2,12D2,13D2,17D,20D;7D2,8D2,12D2,13D2,17D,19D. The minimum Gasteiger partial charge on any atom is -0.493 e. The molecule has 8 N–H and O–H groups in total. The first-order valence-corrected chi connectivity index (χ1v) is 39.8. The number of hydrogen-bond donors (Lipinski definition) is 4. The van der Waals surface area contributed by atoms with E-state index in [0.717, 1.165) is 56.7 Å². The number of hydrogen-bond acceptors (Lipinski definition) is 24. The second-order valence-electron chi connectivity index (χ2n) is 32.4. The topological polar surface area (TPSA) is 296 Å². The zero-order chi connectivity index (χ0) is 129. The molecular formula is C96H152N8O16. The van der Waals surface area contributed by atoms with Crippen molar-refractivity contribution in [2.24, 2.45) is 93.9 Å². The predicted octanol–water partition coefficient (Wildman–Crippen LogP) is 14.3. The molecule has 0 radical (unpaired) electrons. The van der Waals surface area contributed by atoms with Gasteiger partial charge < -0.3 is 79.8 Å². The van der Waals surface area contributed by atoms with Gasteiger partial charge in [0, 0.05) is 175 Å². The van der Waals surface area contributed by atoms with Gasteiger partial charge in [-0.3, -0.25) is 38.8 Å². The fraction of sp³-hybridized carbons (Fsp3) is 0.708. The first kappa shape index (κ1) is 50.7. The maximum atomic E-state index is 13.2. The highest BCUT2D eigenvalue weighted by molar-refractivity contribution is 5.77. The van der Waals surface area contributed by atoms with Gasteiger partial charge in [0.2, 0.25) is 0 Å². The number of carbonyl (C=O) groups is 4. The van der Waals surface area contributed by atoms with Crippen LogP contribution >= 0.6 is 0 Å². The fourth-order valence-corrected chi connectivity index (χ4v) is 12.9. The summed E-state index contributed by atoms with van der Waals surface area (Å²) in [6, 6.07) is -7.71. The number of nitrogens with two attached hydrogens (primary N) is 4. The van der Waals surface area contributed by atoms with Crippen LogP contribution in [-0.4, -0.2) is 201 Å². The Morgan fingerprint density at radius 3 is 0.867 bits per heavy atom. The zero-order valence-corrected chi connectivity index (χ0v) is 72.3. The lowest BCUT2D eigenvalue weighted by molar-refractivity contribution is -0.161. The van der Waals surface area contributed by atoms with Crippen molar-refractivity contribution in [1.29, 1.82) is 0 Å². The van der Waals surface area contributed by atoms with Gasteiger partial charge in [-0.1, -0.05) is 111 Å². The maximum Gasteiger partial charge on any atom is 0.323 e. The third-order valence-electron chi connectivity index (χ3n) is 19.8. The van der Waals surface area contributed by atoms with Crippen LogP contribution in [0.4, 0.5) is 0 Å². The Labute approximate surface area is 783 Å². The summed E-state index contributed by atoms with van der Waals surface area (Å²) >= 11 is 0. The highest BCUT2D eigenvalue weighted by atomic mass is 16.6.